The first kappa shape index (κ1) is 11.8. The number of hydrogen-bond donors (Lipinski definition) is 0. The lowest BCUT2D eigenvalue weighted by Gasteiger charge is -2.05. The van der Waals surface area contributed by atoms with Crippen LogP contribution in [0.3, 0.4) is 0 Å². The van der Waals surface area contributed by atoms with E-state index in [-0.39, 0.29) is 12.4 Å². The second-order valence-corrected chi connectivity index (χ2v) is 3.75. The molecule has 80 valence electrons. The van der Waals surface area contributed by atoms with E-state index < -0.39 is 5.97 Å². The standard InChI is InChI=1S/C11H12O3S/c1-8(12)14-7-10(13)9-5-3-4-6-11(9)15-2/h3-6H,7H2,1-2H3. The average Bonchev–Trinajstić information content (AvgIpc) is 2.25. The maximum atomic E-state index is 11.6. The fourth-order valence-corrected chi connectivity index (χ4v) is 1.74. The first-order valence-electron chi connectivity index (χ1n) is 4.44. The molecule has 1 rings (SSSR count). The molecule has 1 aromatic carbocycles. The van der Waals surface area contributed by atoms with Crippen molar-refractivity contribution in [3.05, 3.63) is 29.8 Å². The third kappa shape index (κ3) is 3.40. The monoisotopic (exact) mass is 224 g/mol. The molecule has 0 aliphatic carbocycles. The van der Waals surface area contributed by atoms with Crippen LogP contribution < -0.4 is 0 Å². The molecule has 4 heteroatoms. The van der Waals surface area contributed by atoms with Crippen molar-refractivity contribution in [3.63, 3.8) is 0 Å². The molecule has 0 saturated carbocycles. The third-order valence-corrected chi connectivity index (χ3v) is 2.61. The summed E-state index contributed by atoms with van der Waals surface area (Å²) in [5, 5.41) is 0. The Morgan fingerprint density at radius 2 is 2.00 bits per heavy atom. The van der Waals surface area contributed by atoms with E-state index in [1.54, 1.807) is 12.1 Å². The number of carbonyl (C=O) groups excluding carboxylic acids is 2. The van der Waals surface area contributed by atoms with Crippen molar-refractivity contribution in [1.29, 1.82) is 0 Å². The van der Waals surface area contributed by atoms with E-state index in [0.29, 0.717) is 5.56 Å². The first-order valence-corrected chi connectivity index (χ1v) is 5.67. The predicted octanol–water partition coefficient (Wildman–Crippen LogP) is 2.15. The van der Waals surface area contributed by atoms with Crippen molar-refractivity contribution in [3.8, 4) is 0 Å². The molecule has 0 amide bonds. The Hall–Kier alpha value is -1.29. The number of hydrogen-bond acceptors (Lipinski definition) is 4. The van der Waals surface area contributed by atoms with Crippen LogP contribution >= 0.6 is 11.8 Å². The number of rotatable bonds is 4. The van der Waals surface area contributed by atoms with Crippen LogP contribution in [-0.4, -0.2) is 24.6 Å². The second-order valence-electron chi connectivity index (χ2n) is 2.90. The molecule has 0 aliphatic rings. The van der Waals surface area contributed by atoms with Crippen LogP contribution in [0.2, 0.25) is 0 Å². The van der Waals surface area contributed by atoms with Gasteiger partial charge in [0.2, 0.25) is 5.78 Å². The fraction of sp³-hybridized carbons (Fsp3) is 0.273. The minimum Gasteiger partial charge on any atom is -0.457 e. The SMILES string of the molecule is CSc1ccccc1C(=O)COC(C)=O. The van der Waals surface area contributed by atoms with Crippen LogP contribution in [-0.2, 0) is 9.53 Å². The molecule has 0 aliphatic heterocycles. The molecule has 0 spiro atoms. The van der Waals surface area contributed by atoms with E-state index in [1.165, 1.54) is 18.7 Å². The minimum absolute atomic E-state index is 0.171. The zero-order valence-corrected chi connectivity index (χ0v) is 9.47. The number of ether oxygens (including phenoxy) is 1. The van der Waals surface area contributed by atoms with Gasteiger partial charge in [0.15, 0.2) is 6.61 Å². The van der Waals surface area contributed by atoms with Crippen LogP contribution in [0, 0.1) is 0 Å². The summed E-state index contributed by atoms with van der Waals surface area (Å²) in [5.74, 6) is -0.611. The summed E-state index contributed by atoms with van der Waals surface area (Å²) in [7, 11) is 0. The van der Waals surface area contributed by atoms with Gasteiger partial charge in [0.1, 0.15) is 0 Å². The summed E-state index contributed by atoms with van der Waals surface area (Å²) in [4.78, 5) is 23.1. The van der Waals surface area contributed by atoms with Crippen molar-refractivity contribution in [1.82, 2.24) is 0 Å². The van der Waals surface area contributed by atoms with Gasteiger partial charge < -0.3 is 4.74 Å². The van der Waals surface area contributed by atoms with Crippen molar-refractivity contribution in [2.75, 3.05) is 12.9 Å². The van der Waals surface area contributed by atoms with Gasteiger partial charge in [-0.05, 0) is 12.3 Å². The number of ketones is 1. The van der Waals surface area contributed by atoms with Crippen molar-refractivity contribution in [2.24, 2.45) is 0 Å². The molecule has 0 radical (unpaired) electrons. The van der Waals surface area contributed by atoms with Crippen molar-refractivity contribution >= 4 is 23.5 Å². The van der Waals surface area contributed by atoms with Gasteiger partial charge in [-0.2, -0.15) is 0 Å². The topological polar surface area (TPSA) is 43.4 Å². The Morgan fingerprint density at radius 3 is 2.60 bits per heavy atom. The van der Waals surface area contributed by atoms with Gasteiger partial charge in [-0.15, -0.1) is 11.8 Å². The summed E-state index contributed by atoms with van der Waals surface area (Å²) >= 11 is 1.50. The molecule has 0 saturated heterocycles. The Balaban J connectivity index is 2.77. The summed E-state index contributed by atoms with van der Waals surface area (Å²) in [6.07, 6.45) is 1.90. The Kier molecular flexibility index (Phi) is 4.37. The predicted molar refractivity (Wildman–Crippen MR) is 59.2 cm³/mol. The molecular weight excluding hydrogens is 212 g/mol. The minimum atomic E-state index is -0.440. The van der Waals surface area contributed by atoms with Crippen molar-refractivity contribution < 1.29 is 14.3 Å². The van der Waals surface area contributed by atoms with Gasteiger partial charge in [-0.1, -0.05) is 18.2 Å². The molecule has 0 bridgehead atoms. The van der Waals surface area contributed by atoms with Gasteiger partial charge in [-0.25, -0.2) is 0 Å². The lowest BCUT2D eigenvalue weighted by Crippen LogP contribution is -2.12. The zero-order valence-electron chi connectivity index (χ0n) is 8.65. The smallest absolute Gasteiger partial charge is 0.303 e. The quantitative estimate of drug-likeness (QED) is 0.446. The number of carbonyl (C=O) groups is 2. The molecule has 0 atom stereocenters. The van der Waals surface area contributed by atoms with Crippen LogP contribution in [0.25, 0.3) is 0 Å². The molecule has 3 nitrogen and oxygen atoms in total. The number of thioether (sulfide) groups is 1. The molecular formula is C11H12O3S. The van der Waals surface area contributed by atoms with Gasteiger partial charge in [0.25, 0.3) is 0 Å². The van der Waals surface area contributed by atoms with Gasteiger partial charge in [0.05, 0.1) is 0 Å². The highest BCUT2D eigenvalue weighted by atomic mass is 32.2. The summed E-state index contributed by atoms with van der Waals surface area (Å²) in [6, 6.07) is 7.26. The molecule has 0 aromatic heterocycles. The van der Waals surface area contributed by atoms with E-state index in [4.69, 9.17) is 0 Å². The average molecular weight is 224 g/mol. The molecule has 0 heterocycles. The largest absolute Gasteiger partial charge is 0.457 e. The Bertz CT molecular complexity index is 374. The van der Waals surface area contributed by atoms with E-state index in [0.717, 1.165) is 4.90 Å². The maximum absolute atomic E-state index is 11.6. The number of benzene rings is 1. The normalized spacial score (nSPS) is 9.73. The Labute approximate surface area is 92.8 Å². The first-order chi connectivity index (χ1) is 7.15. The highest BCUT2D eigenvalue weighted by molar-refractivity contribution is 7.98. The van der Waals surface area contributed by atoms with E-state index in [1.807, 2.05) is 18.4 Å². The third-order valence-electron chi connectivity index (χ3n) is 1.81. The molecule has 0 N–H and O–H groups in total. The highest BCUT2D eigenvalue weighted by Gasteiger charge is 2.11. The Morgan fingerprint density at radius 1 is 1.33 bits per heavy atom. The van der Waals surface area contributed by atoms with Gasteiger partial charge >= 0.3 is 5.97 Å². The summed E-state index contributed by atoms with van der Waals surface area (Å²) < 4.78 is 4.66. The van der Waals surface area contributed by atoms with E-state index >= 15 is 0 Å². The molecule has 0 unspecified atom stereocenters. The fourth-order valence-electron chi connectivity index (χ4n) is 1.12. The van der Waals surface area contributed by atoms with Crippen LogP contribution in [0.4, 0.5) is 0 Å². The van der Waals surface area contributed by atoms with E-state index in [2.05, 4.69) is 4.74 Å². The lowest BCUT2D eigenvalue weighted by atomic mass is 10.1. The summed E-state index contributed by atoms with van der Waals surface area (Å²) in [6.45, 7) is 1.10. The van der Waals surface area contributed by atoms with Crippen molar-refractivity contribution in [2.45, 2.75) is 11.8 Å². The maximum Gasteiger partial charge on any atom is 0.303 e. The molecule has 1 aromatic rings. The summed E-state index contributed by atoms with van der Waals surface area (Å²) in [5.41, 5.74) is 0.603. The van der Waals surface area contributed by atoms with Gasteiger partial charge in [0, 0.05) is 17.4 Å². The van der Waals surface area contributed by atoms with Crippen LogP contribution in [0.5, 0.6) is 0 Å². The number of Topliss-reactive ketones (excluding diaryl/α,β-unsaturated/α-hetero) is 1. The number of esters is 1. The van der Waals surface area contributed by atoms with Crippen LogP contribution in [0.1, 0.15) is 17.3 Å². The lowest BCUT2D eigenvalue weighted by molar-refractivity contribution is -0.139. The van der Waals surface area contributed by atoms with E-state index in [9.17, 15) is 9.59 Å². The van der Waals surface area contributed by atoms with Gasteiger partial charge in [-0.3, -0.25) is 9.59 Å². The zero-order chi connectivity index (χ0) is 11.3. The molecule has 15 heavy (non-hydrogen) atoms. The van der Waals surface area contributed by atoms with Crippen LogP contribution in [0.15, 0.2) is 29.2 Å². The molecule has 0 fully saturated rings. The second kappa shape index (κ2) is 5.56. The highest BCUT2D eigenvalue weighted by Crippen LogP contribution is 2.20.